The van der Waals surface area contributed by atoms with Crippen LogP contribution in [0.3, 0.4) is 0 Å². The second kappa shape index (κ2) is 7.89. The first-order chi connectivity index (χ1) is 13.3. The predicted molar refractivity (Wildman–Crippen MR) is 111 cm³/mol. The zero-order valence-corrected chi connectivity index (χ0v) is 17.8. The Labute approximate surface area is 167 Å². The number of amides is 1. The number of carbonyl (C=O) groups is 2. The molecule has 148 valence electrons. The monoisotopic (exact) mass is 397 g/mol. The molecule has 1 fully saturated rings. The zero-order chi connectivity index (χ0) is 20.4. The molecule has 3 rings (SSSR count). The van der Waals surface area contributed by atoms with Gasteiger partial charge in [0.25, 0.3) is 8.32 Å². The van der Waals surface area contributed by atoms with Crippen molar-refractivity contribution in [2.24, 2.45) is 0 Å². The van der Waals surface area contributed by atoms with Gasteiger partial charge in [0.1, 0.15) is 12.1 Å². The lowest BCUT2D eigenvalue weighted by atomic mass is 10.2. The molecule has 0 spiro atoms. The summed E-state index contributed by atoms with van der Waals surface area (Å²) in [6, 6.07) is 19.6. The van der Waals surface area contributed by atoms with Crippen molar-refractivity contribution >= 4 is 30.6 Å². The van der Waals surface area contributed by atoms with Crippen LogP contribution in [0.2, 0.25) is 5.04 Å². The van der Waals surface area contributed by atoms with E-state index in [1.165, 1.54) is 7.11 Å². The van der Waals surface area contributed by atoms with Crippen molar-refractivity contribution in [1.82, 2.24) is 5.32 Å². The van der Waals surface area contributed by atoms with Gasteiger partial charge in [-0.3, -0.25) is 4.79 Å². The van der Waals surface area contributed by atoms with Crippen LogP contribution in [-0.4, -0.2) is 39.4 Å². The Hall–Kier alpha value is -2.44. The topological polar surface area (TPSA) is 64.6 Å². The summed E-state index contributed by atoms with van der Waals surface area (Å²) in [4.78, 5) is 24.6. The first-order valence-corrected chi connectivity index (χ1v) is 11.4. The second-order valence-corrected chi connectivity index (χ2v) is 12.3. The summed E-state index contributed by atoms with van der Waals surface area (Å²) in [6.45, 7) is 6.47. The number of hydrogen-bond donors (Lipinski definition) is 1. The molecule has 6 heteroatoms. The summed E-state index contributed by atoms with van der Waals surface area (Å²) < 4.78 is 11.6. The Bertz CT molecular complexity index is 793. The van der Waals surface area contributed by atoms with Crippen LogP contribution < -0.4 is 15.7 Å². The minimum atomic E-state index is -2.84. The summed E-state index contributed by atoms with van der Waals surface area (Å²) in [7, 11) is -1.52. The maximum atomic E-state index is 12.7. The highest BCUT2D eigenvalue weighted by molar-refractivity contribution is 6.99. The molecule has 2 aromatic rings. The number of ether oxygens (including phenoxy) is 1. The lowest BCUT2D eigenvalue weighted by molar-refractivity contribution is -0.143. The molecule has 1 aliphatic heterocycles. The number of carbonyl (C=O) groups excluding carboxylic acids is 2. The third kappa shape index (κ3) is 3.62. The van der Waals surface area contributed by atoms with Crippen LogP contribution >= 0.6 is 0 Å². The molecule has 0 aliphatic carbocycles. The predicted octanol–water partition coefficient (Wildman–Crippen LogP) is 1.99. The molecular weight excluding hydrogens is 370 g/mol. The lowest BCUT2D eigenvalue weighted by Gasteiger charge is -2.44. The Kier molecular flexibility index (Phi) is 5.72. The van der Waals surface area contributed by atoms with Gasteiger partial charge < -0.3 is 14.5 Å². The van der Waals surface area contributed by atoms with Crippen LogP contribution in [0.4, 0.5) is 0 Å². The Morgan fingerprint density at radius 3 is 1.93 bits per heavy atom. The highest BCUT2D eigenvalue weighted by Crippen LogP contribution is 2.38. The van der Waals surface area contributed by atoms with Gasteiger partial charge in [0.05, 0.1) is 7.11 Å². The summed E-state index contributed by atoms with van der Waals surface area (Å²) in [6.07, 6.45) is -0.425. The molecule has 2 atom stereocenters. The maximum absolute atomic E-state index is 12.7. The molecule has 1 saturated heterocycles. The van der Waals surface area contributed by atoms with E-state index in [1.54, 1.807) is 0 Å². The van der Waals surface area contributed by atoms with Crippen molar-refractivity contribution in [2.45, 2.75) is 44.4 Å². The lowest BCUT2D eigenvalue weighted by Crippen LogP contribution is -2.68. The largest absolute Gasteiger partial charge is 0.467 e. The quantitative estimate of drug-likeness (QED) is 0.619. The maximum Gasteiger partial charge on any atom is 0.328 e. The number of benzene rings is 2. The smallest absolute Gasteiger partial charge is 0.328 e. The van der Waals surface area contributed by atoms with E-state index in [4.69, 9.17) is 9.16 Å². The molecule has 1 N–H and O–H groups in total. The summed E-state index contributed by atoms with van der Waals surface area (Å²) in [5.74, 6) is -0.703. The van der Waals surface area contributed by atoms with Gasteiger partial charge in [0.2, 0.25) is 5.91 Å². The van der Waals surface area contributed by atoms with Crippen molar-refractivity contribution in [2.75, 3.05) is 7.11 Å². The van der Waals surface area contributed by atoms with E-state index in [2.05, 4.69) is 50.4 Å². The number of methoxy groups -OCH3 is 1. The Morgan fingerprint density at radius 2 is 1.50 bits per heavy atom. The fourth-order valence-electron chi connectivity index (χ4n) is 3.95. The van der Waals surface area contributed by atoms with E-state index >= 15 is 0 Å². The Balaban J connectivity index is 2.09. The average Bonchev–Trinajstić information content (AvgIpc) is 3.06. The molecule has 0 saturated carbocycles. The van der Waals surface area contributed by atoms with Gasteiger partial charge >= 0.3 is 5.97 Å². The van der Waals surface area contributed by atoms with Gasteiger partial charge in [0, 0.05) is 6.42 Å². The normalized spacial score (nSPS) is 19.9. The van der Waals surface area contributed by atoms with Crippen LogP contribution in [0.25, 0.3) is 0 Å². The number of rotatable bonds is 5. The van der Waals surface area contributed by atoms with Crippen molar-refractivity contribution in [3.05, 3.63) is 60.7 Å². The van der Waals surface area contributed by atoms with E-state index in [0.29, 0.717) is 0 Å². The van der Waals surface area contributed by atoms with Crippen molar-refractivity contribution in [1.29, 1.82) is 0 Å². The van der Waals surface area contributed by atoms with Crippen LogP contribution in [0.1, 0.15) is 27.2 Å². The van der Waals surface area contributed by atoms with Gasteiger partial charge in [-0.05, 0) is 15.4 Å². The van der Waals surface area contributed by atoms with Crippen LogP contribution in [0.15, 0.2) is 60.7 Å². The third-order valence-electron chi connectivity index (χ3n) is 5.28. The molecule has 0 aromatic heterocycles. The van der Waals surface area contributed by atoms with Crippen LogP contribution in [-0.2, 0) is 18.8 Å². The Morgan fingerprint density at radius 1 is 1.00 bits per heavy atom. The first kappa shape index (κ1) is 20.3. The van der Waals surface area contributed by atoms with E-state index in [0.717, 1.165) is 10.4 Å². The average molecular weight is 398 g/mol. The van der Waals surface area contributed by atoms with Gasteiger partial charge in [-0.15, -0.1) is 0 Å². The van der Waals surface area contributed by atoms with Gasteiger partial charge in [-0.25, -0.2) is 4.79 Å². The fraction of sp³-hybridized carbons (Fsp3) is 0.364. The molecule has 28 heavy (non-hydrogen) atoms. The molecule has 0 radical (unpaired) electrons. The van der Waals surface area contributed by atoms with Crippen molar-refractivity contribution in [3.8, 4) is 0 Å². The van der Waals surface area contributed by atoms with Crippen LogP contribution in [0, 0.1) is 0 Å². The third-order valence-corrected chi connectivity index (χ3v) is 10.3. The number of nitrogens with one attached hydrogen (secondary N) is 1. The minimum Gasteiger partial charge on any atom is -0.467 e. The number of hydrogen-bond acceptors (Lipinski definition) is 4. The molecule has 1 aliphatic rings. The van der Waals surface area contributed by atoms with E-state index in [-0.39, 0.29) is 17.4 Å². The SMILES string of the molecule is COC(=O)[C@@H]1C[C@@H](O[Si](c2ccccc2)(c2ccccc2)C(C)(C)C)C(=O)N1. The molecule has 1 heterocycles. The van der Waals surface area contributed by atoms with Crippen molar-refractivity contribution < 1.29 is 18.8 Å². The highest BCUT2D eigenvalue weighted by atomic mass is 28.4. The van der Waals surface area contributed by atoms with E-state index < -0.39 is 26.4 Å². The summed E-state index contributed by atoms with van der Waals surface area (Å²) in [5, 5.41) is 4.68. The van der Waals surface area contributed by atoms with E-state index in [1.807, 2.05) is 36.4 Å². The second-order valence-electron chi connectivity index (χ2n) is 8.09. The van der Waals surface area contributed by atoms with Crippen molar-refractivity contribution in [3.63, 3.8) is 0 Å². The molecule has 1 amide bonds. The summed E-state index contributed by atoms with van der Waals surface area (Å²) in [5.41, 5.74) is 0. The molecular formula is C22H27NO4Si. The van der Waals surface area contributed by atoms with Crippen LogP contribution in [0.5, 0.6) is 0 Å². The van der Waals surface area contributed by atoms with Gasteiger partial charge in [-0.1, -0.05) is 81.4 Å². The molecule has 5 nitrogen and oxygen atoms in total. The zero-order valence-electron chi connectivity index (χ0n) is 16.8. The standard InChI is InChI=1S/C22H27NO4Si/c1-22(2,3)28(16-11-7-5-8-12-16,17-13-9-6-10-14-17)27-19-15-18(21(25)26-4)23-20(19)24/h5-14,18-19H,15H2,1-4H3,(H,23,24)/t18-,19+/m0/s1. The summed E-state index contributed by atoms with van der Waals surface area (Å²) >= 11 is 0. The van der Waals surface area contributed by atoms with E-state index in [9.17, 15) is 9.59 Å². The van der Waals surface area contributed by atoms with Gasteiger partial charge in [0.15, 0.2) is 0 Å². The molecule has 0 bridgehead atoms. The minimum absolute atomic E-state index is 0.237. The highest BCUT2D eigenvalue weighted by Gasteiger charge is 2.53. The fourth-order valence-corrected chi connectivity index (χ4v) is 8.59. The molecule has 2 aromatic carbocycles. The number of esters is 1. The molecule has 0 unspecified atom stereocenters. The first-order valence-electron chi connectivity index (χ1n) is 9.46. The van der Waals surface area contributed by atoms with Gasteiger partial charge in [-0.2, -0.15) is 0 Å².